The van der Waals surface area contributed by atoms with E-state index in [9.17, 15) is 4.79 Å². The van der Waals surface area contributed by atoms with Gasteiger partial charge in [0.05, 0.1) is 5.52 Å². The fourth-order valence-electron chi connectivity index (χ4n) is 2.50. The molecule has 0 spiro atoms. The minimum atomic E-state index is -0.261. The molecule has 1 unspecified atom stereocenters. The zero-order chi connectivity index (χ0) is 13.9. The van der Waals surface area contributed by atoms with Gasteiger partial charge in [-0.15, -0.1) is 10.2 Å². The second-order valence-corrected chi connectivity index (χ2v) is 5.11. The van der Waals surface area contributed by atoms with E-state index in [1.165, 1.54) is 6.42 Å². The first-order chi connectivity index (χ1) is 9.74. The van der Waals surface area contributed by atoms with Crippen molar-refractivity contribution in [3.63, 3.8) is 0 Å². The molecule has 3 rings (SSSR count). The summed E-state index contributed by atoms with van der Waals surface area (Å²) in [5.74, 6) is -0.132. The molecule has 1 aromatic carbocycles. The maximum Gasteiger partial charge on any atom is 0.291 e. The van der Waals surface area contributed by atoms with E-state index in [0.29, 0.717) is 23.6 Å². The lowest BCUT2D eigenvalue weighted by molar-refractivity contribution is 0.0932. The van der Waals surface area contributed by atoms with Crippen LogP contribution in [0, 0.1) is 0 Å². The van der Waals surface area contributed by atoms with Crippen LogP contribution in [0.3, 0.4) is 0 Å². The number of benzene rings is 1. The number of amides is 1. The number of likely N-dealkylation sites (N-methyl/N-ethyl adjacent to an activating group) is 1. The second kappa shape index (κ2) is 5.50. The molecule has 2 heterocycles. The Labute approximate surface area is 117 Å². The number of rotatable bonds is 3. The molecule has 0 radical (unpaired) electrons. The first-order valence-electron chi connectivity index (χ1n) is 6.82. The highest BCUT2D eigenvalue weighted by atomic mass is 16.2. The first kappa shape index (κ1) is 12.9. The van der Waals surface area contributed by atoms with Gasteiger partial charge in [0.2, 0.25) is 5.82 Å². The van der Waals surface area contributed by atoms with Crippen LogP contribution in [-0.4, -0.2) is 52.2 Å². The normalized spacial score (nSPS) is 19.4. The molecule has 1 aromatic heterocycles. The van der Waals surface area contributed by atoms with E-state index in [1.54, 1.807) is 0 Å². The number of carbonyl (C=O) groups excluding carboxylic acids is 1. The van der Waals surface area contributed by atoms with Gasteiger partial charge in [-0.05, 0) is 38.6 Å². The van der Waals surface area contributed by atoms with Crippen LogP contribution in [0.4, 0.5) is 0 Å². The van der Waals surface area contributed by atoms with Crippen molar-refractivity contribution >= 4 is 16.9 Å². The molecule has 0 bridgehead atoms. The Morgan fingerprint density at radius 1 is 1.35 bits per heavy atom. The highest BCUT2D eigenvalue weighted by Gasteiger charge is 2.22. The van der Waals surface area contributed by atoms with Gasteiger partial charge in [-0.1, -0.05) is 12.1 Å². The van der Waals surface area contributed by atoms with E-state index in [4.69, 9.17) is 0 Å². The predicted octanol–water partition coefficient (Wildman–Crippen LogP) is 0.849. The molecule has 0 aliphatic carbocycles. The van der Waals surface area contributed by atoms with Gasteiger partial charge in [0.1, 0.15) is 5.52 Å². The summed E-state index contributed by atoms with van der Waals surface area (Å²) in [6.07, 6.45) is 2.30. The van der Waals surface area contributed by atoms with Gasteiger partial charge in [-0.25, -0.2) is 4.98 Å². The van der Waals surface area contributed by atoms with Gasteiger partial charge in [0.15, 0.2) is 0 Å². The molecule has 1 aliphatic rings. The summed E-state index contributed by atoms with van der Waals surface area (Å²) in [4.78, 5) is 18.6. The van der Waals surface area contributed by atoms with E-state index in [-0.39, 0.29) is 11.7 Å². The Morgan fingerprint density at radius 3 is 2.90 bits per heavy atom. The molecule has 2 aromatic rings. The van der Waals surface area contributed by atoms with Gasteiger partial charge in [-0.3, -0.25) is 4.79 Å². The van der Waals surface area contributed by atoms with Crippen molar-refractivity contribution in [1.82, 2.24) is 25.4 Å². The average Bonchev–Trinajstić information content (AvgIpc) is 2.89. The lowest BCUT2D eigenvalue weighted by Crippen LogP contribution is -2.38. The number of nitrogens with zero attached hydrogens (tertiary/aromatic N) is 4. The number of hydrogen-bond acceptors (Lipinski definition) is 5. The third kappa shape index (κ3) is 2.60. The number of aromatic nitrogens is 3. The number of para-hydroxylation sites is 1. The van der Waals surface area contributed by atoms with Crippen LogP contribution < -0.4 is 5.32 Å². The summed E-state index contributed by atoms with van der Waals surface area (Å²) < 4.78 is 0. The number of carbonyl (C=O) groups is 1. The molecule has 1 aliphatic heterocycles. The molecule has 6 heteroatoms. The molecular formula is C14H17N5O. The zero-order valence-corrected chi connectivity index (χ0v) is 11.4. The van der Waals surface area contributed by atoms with Crippen molar-refractivity contribution < 1.29 is 4.79 Å². The molecule has 1 N–H and O–H groups in total. The van der Waals surface area contributed by atoms with Crippen LogP contribution in [-0.2, 0) is 0 Å². The Morgan fingerprint density at radius 2 is 2.15 bits per heavy atom. The first-order valence-corrected chi connectivity index (χ1v) is 6.82. The van der Waals surface area contributed by atoms with Crippen molar-refractivity contribution in [2.24, 2.45) is 0 Å². The molecule has 20 heavy (non-hydrogen) atoms. The topological polar surface area (TPSA) is 71.0 Å². The highest BCUT2D eigenvalue weighted by molar-refractivity contribution is 5.91. The van der Waals surface area contributed by atoms with Crippen LogP contribution in [0.1, 0.15) is 23.5 Å². The molecule has 1 amide bonds. The largest absolute Gasteiger partial charge is 0.348 e. The van der Waals surface area contributed by atoms with Gasteiger partial charge < -0.3 is 10.2 Å². The van der Waals surface area contributed by atoms with Gasteiger partial charge >= 0.3 is 0 Å². The fourth-order valence-corrected chi connectivity index (χ4v) is 2.50. The SMILES string of the molecule is CN1CCCC1CNC(=O)c1nnc2ccccc2n1. The zero-order valence-electron chi connectivity index (χ0n) is 11.4. The minimum Gasteiger partial charge on any atom is -0.348 e. The summed E-state index contributed by atoms with van der Waals surface area (Å²) in [5.41, 5.74) is 1.38. The summed E-state index contributed by atoms with van der Waals surface area (Å²) in [6.45, 7) is 1.72. The monoisotopic (exact) mass is 271 g/mol. The quantitative estimate of drug-likeness (QED) is 0.896. The van der Waals surface area contributed by atoms with E-state index < -0.39 is 0 Å². The van der Waals surface area contributed by atoms with Crippen molar-refractivity contribution in [2.45, 2.75) is 18.9 Å². The van der Waals surface area contributed by atoms with Crippen molar-refractivity contribution in [3.05, 3.63) is 30.1 Å². The fraction of sp³-hybridized carbons (Fsp3) is 0.429. The Kier molecular flexibility index (Phi) is 3.56. The van der Waals surface area contributed by atoms with Crippen molar-refractivity contribution in [2.75, 3.05) is 20.1 Å². The smallest absolute Gasteiger partial charge is 0.291 e. The minimum absolute atomic E-state index is 0.129. The number of nitrogens with one attached hydrogen (secondary N) is 1. The summed E-state index contributed by atoms with van der Waals surface area (Å²) >= 11 is 0. The second-order valence-electron chi connectivity index (χ2n) is 5.11. The standard InChI is InChI=1S/C14H17N5O/c1-19-8-4-5-10(19)9-15-14(20)13-16-11-6-2-3-7-12(11)17-18-13/h2-3,6-7,10H,4-5,8-9H2,1H3,(H,15,20). The van der Waals surface area contributed by atoms with E-state index in [0.717, 1.165) is 13.0 Å². The third-order valence-electron chi connectivity index (χ3n) is 3.73. The molecule has 6 nitrogen and oxygen atoms in total. The predicted molar refractivity (Wildman–Crippen MR) is 75.3 cm³/mol. The maximum absolute atomic E-state index is 12.1. The van der Waals surface area contributed by atoms with Gasteiger partial charge in [0, 0.05) is 12.6 Å². The van der Waals surface area contributed by atoms with E-state index in [1.807, 2.05) is 24.3 Å². The van der Waals surface area contributed by atoms with Gasteiger partial charge in [0.25, 0.3) is 5.91 Å². The third-order valence-corrected chi connectivity index (χ3v) is 3.73. The summed E-state index contributed by atoms with van der Waals surface area (Å²) in [5, 5.41) is 10.8. The Hall–Kier alpha value is -2.08. The highest BCUT2D eigenvalue weighted by Crippen LogP contribution is 2.13. The molecule has 0 saturated carbocycles. The number of fused-ring (bicyclic) bond motifs is 1. The lowest BCUT2D eigenvalue weighted by atomic mass is 10.2. The van der Waals surface area contributed by atoms with Crippen molar-refractivity contribution in [3.8, 4) is 0 Å². The van der Waals surface area contributed by atoms with Crippen molar-refractivity contribution in [1.29, 1.82) is 0 Å². The van der Waals surface area contributed by atoms with Crippen LogP contribution in [0.25, 0.3) is 11.0 Å². The molecule has 104 valence electrons. The van der Waals surface area contributed by atoms with Crippen LogP contribution in [0.5, 0.6) is 0 Å². The molecular weight excluding hydrogens is 254 g/mol. The average molecular weight is 271 g/mol. The Bertz CT molecular complexity index is 630. The van der Waals surface area contributed by atoms with Gasteiger partial charge in [-0.2, -0.15) is 0 Å². The van der Waals surface area contributed by atoms with Crippen LogP contribution in [0.15, 0.2) is 24.3 Å². The number of likely N-dealkylation sites (tertiary alicyclic amines) is 1. The summed E-state index contributed by atoms with van der Waals surface area (Å²) in [6, 6.07) is 7.80. The maximum atomic E-state index is 12.1. The van der Waals surface area contributed by atoms with E-state index in [2.05, 4.69) is 32.4 Å². The van der Waals surface area contributed by atoms with Crippen LogP contribution in [0.2, 0.25) is 0 Å². The molecule has 1 atom stereocenters. The Balaban J connectivity index is 1.69. The lowest BCUT2D eigenvalue weighted by Gasteiger charge is -2.19. The van der Waals surface area contributed by atoms with Crippen LogP contribution >= 0.6 is 0 Å². The summed E-state index contributed by atoms with van der Waals surface area (Å²) in [7, 11) is 2.08. The van der Waals surface area contributed by atoms with E-state index >= 15 is 0 Å². The number of hydrogen-bond donors (Lipinski definition) is 1. The molecule has 1 fully saturated rings. The molecule has 1 saturated heterocycles.